The van der Waals surface area contributed by atoms with Gasteiger partial charge >= 0.3 is 5.97 Å². The average molecular weight is 357 g/mol. The average Bonchev–Trinajstić information content (AvgIpc) is 2.68. The minimum absolute atomic E-state index is 0.231. The SMILES string of the molecule is O=C(O)CNc1nc(NCCN2CCOCC2)cc(-c2ccccc2)n1. The minimum Gasteiger partial charge on any atom is -0.480 e. The van der Waals surface area contributed by atoms with Crippen molar-refractivity contribution in [3.8, 4) is 11.3 Å². The van der Waals surface area contributed by atoms with E-state index in [1.807, 2.05) is 36.4 Å². The van der Waals surface area contributed by atoms with E-state index in [0.717, 1.165) is 50.7 Å². The van der Waals surface area contributed by atoms with Crippen LogP contribution in [0.1, 0.15) is 0 Å². The number of carbonyl (C=O) groups is 1. The first-order valence-electron chi connectivity index (χ1n) is 8.65. The molecule has 0 unspecified atom stereocenters. The third-order valence-corrected chi connectivity index (χ3v) is 4.03. The van der Waals surface area contributed by atoms with Crippen LogP contribution < -0.4 is 10.6 Å². The summed E-state index contributed by atoms with van der Waals surface area (Å²) in [6.45, 7) is 4.82. The Morgan fingerprint density at radius 2 is 1.92 bits per heavy atom. The number of aliphatic carboxylic acids is 1. The number of carboxylic acid groups (broad SMARTS) is 1. The summed E-state index contributed by atoms with van der Waals surface area (Å²) in [5, 5.41) is 14.9. The Labute approximate surface area is 152 Å². The topological polar surface area (TPSA) is 99.6 Å². The van der Waals surface area contributed by atoms with Crippen LogP contribution in [0.25, 0.3) is 11.3 Å². The number of ether oxygens (including phenoxy) is 1. The molecular weight excluding hydrogens is 334 g/mol. The molecule has 0 bridgehead atoms. The maximum Gasteiger partial charge on any atom is 0.322 e. The number of hydrogen-bond acceptors (Lipinski definition) is 7. The molecule has 1 fully saturated rings. The van der Waals surface area contributed by atoms with Gasteiger partial charge in [-0.25, -0.2) is 4.98 Å². The zero-order valence-electron chi connectivity index (χ0n) is 14.5. The number of nitrogens with zero attached hydrogens (tertiary/aromatic N) is 3. The molecule has 2 aromatic rings. The normalized spacial score (nSPS) is 14.8. The molecule has 1 saturated heterocycles. The molecule has 138 valence electrons. The van der Waals surface area contributed by atoms with Gasteiger partial charge in [-0.05, 0) is 0 Å². The molecule has 0 spiro atoms. The van der Waals surface area contributed by atoms with Gasteiger partial charge in [-0.15, -0.1) is 0 Å². The first-order chi connectivity index (χ1) is 12.7. The second-order valence-corrected chi connectivity index (χ2v) is 5.96. The third kappa shape index (κ3) is 5.40. The Morgan fingerprint density at radius 1 is 1.15 bits per heavy atom. The van der Waals surface area contributed by atoms with Gasteiger partial charge in [-0.1, -0.05) is 30.3 Å². The molecule has 1 aliphatic rings. The van der Waals surface area contributed by atoms with Crippen LogP contribution in [0.3, 0.4) is 0 Å². The largest absolute Gasteiger partial charge is 0.480 e. The summed E-state index contributed by atoms with van der Waals surface area (Å²) in [5.74, 6) is 0.00293. The lowest BCUT2D eigenvalue weighted by Gasteiger charge is -2.26. The first-order valence-corrected chi connectivity index (χ1v) is 8.65. The lowest BCUT2D eigenvalue weighted by Crippen LogP contribution is -2.39. The molecule has 8 nitrogen and oxygen atoms in total. The molecule has 3 rings (SSSR count). The smallest absolute Gasteiger partial charge is 0.322 e. The fourth-order valence-corrected chi connectivity index (χ4v) is 2.70. The second-order valence-electron chi connectivity index (χ2n) is 5.96. The van der Waals surface area contributed by atoms with Crippen molar-refractivity contribution < 1.29 is 14.6 Å². The summed E-state index contributed by atoms with van der Waals surface area (Å²) >= 11 is 0. The Bertz CT molecular complexity index is 720. The number of hydrogen-bond donors (Lipinski definition) is 3. The highest BCUT2D eigenvalue weighted by Crippen LogP contribution is 2.21. The number of nitrogens with one attached hydrogen (secondary N) is 2. The van der Waals surface area contributed by atoms with Crippen molar-refractivity contribution in [1.29, 1.82) is 0 Å². The molecule has 1 aliphatic heterocycles. The second kappa shape index (κ2) is 9.12. The highest BCUT2D eigenvalue weighted by molar-refractivity contribution is 5.72. The van der Waals surface area contributed by atoms with Crippen LogP contribution in [0.2, 0.25) is 0 Å². The van der Waals surface area contributed by atoms with Gasteiger partial charge in [0.25, 0.3) is 0 Å². The zero-order valence-corrected chi connectivity index (χ0v) is 14.5. The monoisotopic (exact) mass is 357 g/mol. The van der Waals surface area contributed by atoms with Gasteiger partial charge in [0.2, 0.25) is 5.95 Å². The van der Waals surface area contributed by atoms with Gasteiger partial charge in [0.05, 0.1) is 18.9 Å². The van der Waals surface area contributed by atoms with Crippen molar-refractivity contribution in [2.45, 2.75) is 0 Å². The van der Waals surface area contributed by atoms with Gasteiger partial charge in [-0.3, -0.25) is 9.69 Å². The Balaban J connectivity index is 1.70. The van der Waals surface area contributed by atoms with E-state index in [9.17, 15) is 4.79 Å². The summed E-state index contributed by atoms with van der Waals surface area (Å²) in [6, 6.07) is 11.6. The maximum absolute atomic E-state index is 10.8. The minimum atomic E-state index is -0.958. The summed E-state index contributed by atoms with van der Waals surface area (Å²) in [7, 11) is 0. The fraction of sp³-hybridized carbons (Fsp3) is 0.389. The van der Waals surface area contributed by atoms with Crippen molar-refractivity contribution in [3.63, 3.8) is 0 Å². The van der Waals surface area contributed by atoms with E-state index in [1.165, 1.54) is 0 Å². The van der Waals surface area contributed by atoms with E-state index in [2.05, 4.69) is 25.5 Å². The summed E-state index contributed by atoms with van der Waals surface area (Å²) < 4.78 is 5.35. The van der Waals surface area contributed by atoms with Crippen molar-refractivity contribution in [2.75, 3.05) is 56.6 Å². The van der Waals surface area contributed by atoms with Gasteiger partial charge in [-0.2, -0.15) is 4.98 Å². The number of morpholine rings is 1. The predicted octanol–water partition coefficient (Wildman–Crippen LogP) is 1.38. The molecule has 2 heterocycles. The Kier molecular flexibility index (Phi) is 6.34. The van der Waals surface area contributed by atoms with Crippen LogP contribution in [0.15, 0.2) is 36.4 Å². The van der Waals surface area contributed by atoms with Crippen molar-refractivity contribution in [1.82, 2.24) is 14.9 Å². The van der Waals surface area contributed by atoms with Crippen LogP contribution in [-0.4, -0.2) is 71.9 Å². The number of aromatic nitrogens is 2. The summed E-state index contributed by atoms with van der Waals surface area (Å²) in [4.78, 5) is 21.9. The van der Waals surface area contributed by atoms with Gasteiger partial charge in [0.1, 0.15) is 12.4 Å². The molecule has 0 atom stereocenters. The molecule has 3 N–H and O–H groups in total. The highest BCUT2D eigenvalue weighted by atomic mass is 16.5. The summed E-state index contributed by atoms with van der Waals surface area (Å²) in [5.41, 5.74) is 1.69. The predicted molar refractivity (Wildman–Crippen MR) is 99.3 cm³/mol. The number of anilines is 2. The van der Waals surface area contributed by atoms with Crippen LogP contribution in [0.4, 0.5) is 11.8 Å². The fourth-order valence-electron chi connectivity index (χ4n) is 2.70. The molecule has 26 heavy (non-hydrogen) atoms. The van der Waals surface area contributed by atoms with Crippen LogP contribution in [0.5, 0.6) is 0 Å². The molecule has 0 amide bonds. The van der Waals surface area contributed by atoms with Crippen LogP contribution >= 0.6 is 0 Å². The lowest BCUT2D eigenvalue weighted by molar-refractivity contribution is -0.134. The van der Waals surface area contributed by atoms with Crippen molar-refractivity contribution >= 4 is 17.7 Å². The lowest BCUT2D eigenvalue weighted by atomic mass is 10.1. The van der Waals surface area contributed by atoms with Crippen LogP contribution in [0, 0.1) is 0 Å². The zero-order chi connectivity index (χ0) is 18.2. The quantitative estimate of drug-likeness (QED) is 0.652. The molecule has 0 saturated carbocycles. The van der Waals surface area contributed by atoms with Crippen molar-refractivity contribution in [2.24, 2.45) is 0 Å². The highest BCUT2D eigenvalue weighted by Gasteiger charge is 2.11. The summed E-state index contributed by atoms with van der Waals surface area (Å²) in [6.07, 6.45) is 0. The molecule has 0 radical (unpaired) electrons. The Hall–Kier alpha value is -2.71. The number of benzene rings is 1. The Morgan fingerprint density at radius 3 is 2.65 bits per heavy atom. The van der Waals surface area contributed by atoms with Crippen LogP contribution in [-0.2, 0) is 9.53 Å². The standard InChI is InChI=1S/C18H23N5O3/c24-17(25)13-20-18-21-15(14-4-2-1-3-5-14)12-16(22-18)19-6-7-23-8-10-26-11-9-23/h1-5,12H,6-11,13H2,(H,24,25)(H2,19,20,21,22). The third-order valence-electron chi connectivity index (χ3n) is 4.03. The van der Waals surface area contributed by atoms with E-state index in [4.69, 9.17) is 9.84 Å². The maximum atomic E-state index is 10.8. The van der Waals surface area contributed by atoms with Gasteiger partial charge < -0.3 is 20.5 Å². The first kappa shape index (κ1) is 18.1. The van der Waals surface area contributed by atoms with E-state index in [0.29, 0.717) is 11.8 Å². The van der Waals surface area contributed by atoms with Gasteiger partial charge in [0, 0.05) is 37.8 Å². The molecule has 0 aliphatic carbocycles. The van der Waals surface area contributed by atoms with Gasteiger partial charge in [0.15, 0.2) is 0 Å². The molecule has 1 aromatic carbocycles. The van der Waals surface area contributed by atoms with E-state index in [1.54, 1.807) is 0 Å². The number of carboxylic acids is 1. The number of rotatable bonds is 8. The van der Waals surface area contributed by atoms with E-state index < -0.39 is 5.97 Å². The molecule has 8 heteroatoms. The van der Waals surface area contributed by atoms with Crippen molar-refractivity contribution in [3.05, 3.63) is 36.4 Å². The van der Waals surface area contributed by atoms with E-state index in [-0.39, 0.29) is 6.54 Å². The molecular formula is C18H23N5O3. The molecule has 1 aromatic heterocycles. The van der Waals surface area contributed by atoms with E-state index >= 15 is 0 Å².